The van der Waals surface area contributed by atoms with Gasteiger partial charge in [0.1, 0.15) is 5.69 Å². The molecule has 6 heterocycles. The zero-order chi connectivity index (χ0) is 29.9. The highest BCUT2D eigenvalue weighted by Crippen LogP contribution is 2.38. The van der Waals surface area contributed by atoms with Crippen molar-refractivity contribution in [2.24, 2.45) is 11.7 Å². The molecule has 1 aliphatic carbocycles. The number of nitrogens with zero attached hydrogens (tertiary/aromatic N) is 6. The quantitative estimate of drug-likeness (QED) is 0.346. The molecule has 0 radical (unpaired) electrons. The van der Waals surface area contributed by atoms with Crippen molar-refractivity contribution in [3.8, 4) is 11.4 Å². The van der Waals surface area contributed by atoms with Crippen LogP contribution in [0.5, 0.6) is 0 Å². The molecule has 9 nitrogen and oxygen atoms in total. The molecule has 0 unspecified atom stereocenters. The number of amides is 2. The number of hydrogen-bond acceptors (Lipinski definition) is 5. The molecule has 1 atom stereocenters. The van der Waals surface area contributed by atoms with Gasteiger partial charge in [0, 0.05) is 80.6 Å². The van der Waals surface area contributed by atoms with E-state index in [2.05, 4.69) is 45.6 Å². The van der Waals surface area contributed by atoms with E-state index in [1.165, 1.54) is 29.4 Å². The fourth-order valence-corrected chi connectivity index (χ4v) is 7.80. The summed E-state index contributed by atoms with van der Waals surface area (Å²) in [5.41, 5.74) is 13.6. The van der Waals surface area contributed by atoms with Crippen LogP contribution in [0.1, 0.15) is 67.3 Å². The van der Waals surface area contributed by atoms with Crippen LogP contribution in [-0.2, 0) is 11.3 Å². The number of pyridine rings is 1. The largest absolute Gasteiger partial charge is 0.371 e. The van der Waals surface area contributed by atoms with Crippen LogP contribution in [0.3, 0.4) is 0 Å². The molecule has 0 spiro atoms. The van der Waals surface area contributed by atoms with Crippen molar-refractivity contribution < 1.29 is 9.59 Å². The van der Waals surface area contributed by atoms with Gasteiger partial charge in [-0.25, -0.2) is 4.52 Å². The Kier molecular flexibility index (Phi) is 6.89. The second-order valence-electron chi connectivity index (χ2n) is 13.6. The van der Waals surface area contributed by atoms with Gasteiger partial charge in [-0.2, -0.15) is 5.10 Å². The lowest BCUT2D eigenvalue weighted by molar-refractivity contribution is -0.130. The van der Waals surface area contributed by atoms with Crippen molar-refractivity contribution in [2.75, 3.05) is 37.6 Å². The number of benzene rings is 1. The molecule has 44 heavy (non-hydrogen) atoms. The summed E-state index contributed by atoms with van der Waals surface area (Å²) in [6.45, 7) is 7.39. The summed E-state index contributed by atoms with van der Waals surface area (Å²) in [6.07, 6.45) is 10.2. The third-order valence-corrected chi connectivity index (χ3v) is 10.5. The van der Waals surface area contributed by atoms with E-state index in [9.17, 15) is 9.59 Å². The molecule has 230 valence electrons. The van der Waals surface area contributed by atoms with Crippen LogP contribution < -0.4 is 10.6 Å². The van der Waals surface area contributed by atoms with Crippen molar-refractivity contribution in [2.45, 2.75) is 76.9 Å². The van der Waals surface area contributed by atoms with Crippen molar-refractivity contribution in [1.82, 2.24) is 24.0 Å². The number of aryl methyl sites for hydroxylation is 1. The zero-order valence-corrected chi connectivity index (χ0v) is 25.8. The maximum absolute atomic E-state index is 13.3. The molecule has 4 aromatic rings. The monoisotopic (exact) mass is 593 g/mol. The molecule has 3 aliphatic heterocycles. The molecule has 4 fully saturated rings. The van der Waals surface area contributed by atoms with E-state index in [-0.39, 0.29) is 11.9 Å². The third kappa shape index (κ3) is 4.95. The number of hydrogen-bond donors (Lipinski definition) is 1. The average molecular weight is 594 g/mol. The number of carbonyl (C=O) groups excluding carboxylic acids is 2. The minimum Gasteiger partial charge on any atom is -0.371 e. The predicted molar refractivity (Wildman–Crippen MR) is 173 cm³/mol. The van der Waals surface area contributed by atoms with Gasteiger partial charge >= 0.3 is 0 Å². The molecule has 3 aromatic heterocycles. The highest BCUT2D eigenvalue weighted by molar-refractivity contribution is 5.95. The van der Waals surface area contributed by atoms with E-state index < -0.39 is 0 Å². The summed E-state index contributed by atoms with van der Waals surface area (Å²) in [6, 6.07) is 13.6. The molecular formula is C35H43N7O2. The fourth-order valence-electron chi connectivity index (χ4n) is 7.80. The van der Waals surface area contributed by atoms with Crippen molar-refractivity contribution in [3.05, 3.63) is 53.7 Å². The highest BCUT2D eigenvalue weighted by Gasteiger charge is 2.31. The van der Waals surface area contributed by atoms with Crippen LogP contribution in [0.2, 0.25) is 0 Å². The van der Waals surface area contributed by atoms with Gasteiger partial charge in [0.05, 0.1) is 22.3 Å². The summed E-state index contributed by atoms with van der Waals surface area (Å²) < 4.78 is 4.38. The number of carbonyl (C=O) groups is 2. The number of anilines is 1. The second-order valence-corrected chi connectivity index (χ2v) is 13.6. The lowest BCUT2D eigenvalue weighted by Gasteiger charge is -2.37. The number of fused-ring (bicyclic) bond motifs is 2. The molecule has 3 saturated heterocycles. The van der Waals surface area contributed by atoms with E-state index in [1.54, 1.807) is 0 Å². The van der Waals surface area contributed by atoms with E-state index in [0.717, 1.165) is 93.7 Å². The standard InChI is InChI=1S/C35H43N7O2/c1-23-30-11-9-26(35(44)39-14-2-4-27(36)22-39)21-42(30)37-34(23)32-18-25-8-10-29(19-31(25)41(32)20-24-6-7-24)38-16-12-28(13-17-38)40-15-3-5-33(40)43/h8-11,18-19,21,24,27-28H,2-7,12-17,20,22,36H2,1H3/t27-/m1/s1. The SMILES string of the molecule is Cc1c(-c2cc3ccc(N4CCC(N5CCCC5=O)CC4)cc3n2CC2CC2)nn2cc(C(=O)N3CCC[C@@H](N)C3)ccc12. The van der Waals surface area contributed by atoms with Crippen LogP contribution in [0.4, 0.5) is 5.69 Å². The van der Waals surface area contributed by atoms with Crippen LogP contribution in [-0.4, -0.2) is 80.6 Å². The minimum atomic E-state index is 0.0307. The van der Waals surface area contributed by atoms with Gasteiger partial charge in [-0.05, 0) is 88.1 Å². The minimum absolute atomic E-state index is 0.0307. The molecular weight excluding hydrogens is 550 g/mol. The van der Waals surface area contributed by atoms with Crippen LogP contribution in [0.25, 0.3) is 27.8 Å². The van der Waals surface area contributed by atoms with Gasteiger partial charge in [0.2, 0.25) is 5.91 Å². The maximum atomic E-state index is 13.3. The van der Waals surface area contributed by atoms with Gasteiger partial charge in [0.15, 0.2) is 0 Å². The zero-order valence-electron chi connectivity index (χ0n) is 25.8. The Morgan fingerprint density at radius 1 is 0.955 bits per heavy atom. The molecule has 2 N–H and O–H groups in total. The van der Waals surface area contributed by atoms with E-state index in [0.29, 0.717) is 30.0 Å². The molecule has 1 aromatic carbocycles. The lowest BCUT2D eigenvalue weighted by atomic mass is 10.0. The predicted octanol–water partition coefficient (Wildman–Crippen LogP) is 4.83. The van der Waals surface area contributed by atoms with Gasteiger partial charge < -0.3 is 25.0 Å². The average Bonchev–Trinajstić information content (AvgIpc) is 3.52. The molecule has 4 aliphatic rings. The van der Waals surface area contributed by atoms with Crippen molar-refractivity contribution in [1.29, 1.82) is 0 Å². The normalized spacial score (nSPS) is 21.7. The Bertz CT molecular complexity index is 1740. The Morgan fingerprint density at radius 3 is 2.55 bits per heavy atom. The van der Waals surface area contributed by atoms with Crippen molar-refractivity contribution >= 4 is 33.9 Å². The molecule has 9 heteroatoms. The first-order valence-corrected chi connectivity index (χ1v) is 16.6. The third-order valence-electron chi connectivity index (χ3n) is 10.5. The summed E-state index contributed by atoms with van der Waals surface area (Å²) in [5.74, 6) is 1.08. The molecule has 8 rings (SSSR count). The van der Waals surface area contributed by atoms with Gasteiger partial charge in [-0.1, -0.05) is 6.07 Å². The van der Waals surface area contributed by atoms with E-state index in [1.807, 2.05) is 27.7 Å². The fraction of sp³-hybridized carbons (Fsp3) is 0.514. The van der Waals surface area contributed by atoms with Crippen LogP contribution in [0.15, 0.2) is 42.6 Å². The summed E-state index contributed by atoms with van der Waals surface area (Å²) in [4.78, 5) is 32.1. The summed E-state index contributed by atoms with van der Waals surface area (Å²) in [5, 5.41) is 6.32. The van der Waals surface area contributed by atoms with Crippen LogP contribution >= 0.6 is 0 Å². The smallest absolute Gasteiger partial charge is 0.255 e. The summed E-state index contributed by atoms with van der Waals surface area (Å²) >= 11 is 0. The van der Waals surface area contributed by atoms with Crippen LogP contribution in [0, 0.1) is 12.8 Å². The number of aromatic nitrogens is 3. The highest BCUT2D eigenvalue weighted by atomic mass is 16.2. The molecule has 2 amide bonds. The number of likely N-dealkylation sites (tertiary alicyclic amines) is 2. The Balaban J connectivity index is 1.10. The molecule has 0 bridgehead atoms. The van der Waals surface area contributed by atoms with Gasteiger partial charge in [-0.3, -0.25) is 9.59 Å². The number of piperidine rings is 2. The molecule has 1 saturated carbocycles. The van der Waals surface area contributed by atoms with Crippen molar-refractivity contribution in [3.63, 3.8) is 0 Å². The lowest BCUT2D eigenvalue weighted by Crippen LogP contribution is -2.45. The second kappa shape index (κ2) is 10.9. The first-order valence-electron chi connectivity index (χ1n) is 16.6. The van der Waals surface area contributed by atoms with E-state index >= 15 is 0 Å². The first-order chi connectivity index (χ1) is 21.4. The number of rotatable bonds is 6. The van der Waals surface area contributed by atoms with E-state index in [4.69, 9.17) is 10.8 Å². The maximum Gasteiger partial charge on any atom is 0.255 e. The summed E-state index contributed by atoms with van der Waals surface area (Å²) in [7, 11) is 0. The Labute approximate surface area is 258 Å². The number of nitrogens with two attached hydrogens (primary N) is 1. The van der Waals surface area contributed by atoms with Gasteiger partial charge in [-0.15, -0.1) is 0 Å². The topological polar surface area (TPSA) is 92.1 Å². The first kappa shape index (κ1) is 27.7. The van der Waals surface area contributed by atoms with Gasteiger partial charge in [0.25, 0.3) is 5.91 Å². The Hall–Kier alpha value is -3.85. The Morgan fingerprint density at radius 2 is 1.80 bits per heavy atom.